The first-order valence-electron chi connectivity index (χ1n) is 2.37. The van der Waals surface area contributed by atoms with E-state index in [9.17, 15) is 0 Å². The Kier molecular flexibility index (Phi) is 1.66. The molecule has 0 aromatic rings. The minimum Gasteiger partial charge on any atom is -0.169 e. The van der Waals surface area contributed by atoms with Crippen LogP contribution in [0.4, 0.5) is 0 Å². The lowest BCUT2D eigenvalue weighted by Gasteiger charge is -1.94. The Morgan fingerprint density at radius 2 is 2.62 bits per heavy atom. The van der Waals surface area contributed by atoms with Crippen LogP contribution in [0.25, 0.3) is 0 Å². The van der Waals surface area contributed by atoms with Gasteiger partial charge in [-0.3, -0.25) is 0 Å². The molecule has 5 nitrogen and oxygen atoms in total. The average molecular weight is 115 g/mol. The van der Waals surface area contributed by atoms with Gasteiger partial charge in [-0.15, -0.1) is 0 Å². The van der Waals surface area contributed by atoms with E-state index in [4.69, 9.17) is 4.84 Å². The fraction of sp³-hybridized carbons (Fsp3) is 0.667. The van der Waals surface area contributed by atoms with Crippen molar-refractivity contribution in [2.24, 2.45) is 15.5 Å². The molecule has 44 valence electrons. The zero-order valence-corrected chi connectivity index (χ0v) is 4.53. The molecule has 1 atom stereocenters. The van der Waals surface area contributed by atoms with E-state index in [-0.39, 0.29) is 0 Å². The van der Waals surface area contributed by atoms with Crippen molar-refractivity contribution in [2.75, 3.05) is 6.61 Å². The maximum absolute atomic E-state index is 4.91. The van der Waals surface area contributed by atoms with Gasteiger partial charge in [-0.05, 0) is 12.1 Å². The highest BCUT2D eigenvalue weighted by Gasteiger charge is 2.06. The number of nitrogens with one attached hydrogen (secondary N) is 1. The van der Waals surface area contributed by atoms with Crippen molar-refractivity contribution in [1.29, 1.82) is 0 Å². The highest BCUT2D eigenvalue weighted by Crippen LogP contribution is 1.71. The van der Waals surface area contributed by atoms with Crippen molar-refractivity contribution in [3.63, 3.8) is 0 Å². The number of nitrogens with zero attached hydrogens (tertiary/aromatic N) is 3. The second-order valence-corrected chi connectivity index (χ2v) is 1.21. The first-order valence-corrected chi connectivity index (χ1v) is 2.37. The predicted octanol–water partition coefficient (Wildman–Crippen LogP) is -0.853. The summed E-state index contributed by atoms with van der Waals surface area (Å²) in [5.41, 5.74) is 0. The van der Waals surface area contributed by atoms with Gasteiger partial charge < -0.3 is 0 Å². The summed E-state index contributed by atoms with van der Waals surface area (Å²) >= 11 is 0. The molecule has 1 rings (SSSR count). The van der Waals surface area contributed by atoms with Crippen LogP contribution in [-0.4, -0.2) is 12.9 Å². The predicted molar refractivity (Wildman–Crippen MR) is 25.9 cm³/mol. The molecule has 0 saturated carbocycles. The molecule has 1 unspecified atom stereocenters. The van der Waals surface area contributed by atoms with E-state index in [1.54, 1.807) is 0 Å². The van der Waals surface area contributed by atoms with Gasteiger partial charge in [0.25, 0.3) is 6.34 Å². The molecule has 0 saturated heterocycles. The largest absolute Gasteiger partial charge is 0.271 e. The Morgan fingerprint density at radius 1 is 1.75 bits per heavy atom. The zero-order valence-electron chi connectivity index (χ0n) is 4.53. The second-order valence-electron chi connectivity index (χ2n) is 1.21. The quantitative estimate of drug-likeness (QED) is 0.500. The Labute approximate surface area is 46.6 Å². The number of quaternary nitrogens is 1. The van der Waals surface area contributed by atoms with Crippen LogP contribution in [0, 0.1) is 0 Å². The molecular weight excluding hydrogens is 108 g/mol. The molecular formula is C3H7N4O+. The van der Waals surface area contributed by atoms with Crippen molar-refractivity contribution in [1.82, 2.24) is 0 Å². The summed E-state index contributed by atoms with van der Waals surface area (Å²) in [6.45, 7) is 2.50. The smallest absolute Gasteiger partial charge is 0.169 e. The Bertz CT molecular complexity index is 108. The monoisotopic (exact) mass is 115 g/mol. The topological polar surface area (TPSA) is 50.8 Å². The molecule has 0 spiro atoms. The molecule has 0 radical (unpaired) electrons. The highest BCUT2D eigenvalue weighted by molar-refractivity contribution is 5.42. The third-order valence-electron chi connectivity index (χ3n) is 0.655. The van der Waals surface area contributed by atoms with Crippen LogP contribution in [0.1, 0.15) is 6.92 Å². The van der Waals surface area contributed by atoms with E-state index in [0.717, 1.165) is 0 Å². The molecule has 0 aromatic carbocycles. The summed E-state index contributed by atoms with van der Waals surface area (Å²) in [5, 5.41) is 10.8. The van der Waals surface area contributed by atoms with E-state index in [1.165, 1.54) is 6.34 Å². The Morgan fingerprint density at radius 3 is 3.12 bits per heavy atom. The molecule has 8 heavy (non-hydrogen) atoms. The lowest BCUT2D eigenvalue weighted by molar-refractivity contribution is -1.02. The first kappa shape index (κ1) is 5.33. The summed E-state index contributed by atoms with van der Waals surface area (Å²) in [5.74, 6) is 0. The second kappa shape index (κ2) is 2.49. The summed E-state index contributed by atoms with van der Waals surface area (Å²) in [6, 6.07) is 0. The molecule has 1 N–H and O–H groups in total. The maximum atomic E-state index is 4.91. The number of hydrogen-bond donors (Lipinski definition) is 1. The van der Waals surface area contributed by atoms with Crippen molar-refractivity contribution >= 4 is 6.34 Å². The minimum absolute atomic E-state index is 0.493. The van der Waals surface area contributed by atoms with Crippen LogP contribution in [0.5, 0.6) is 0 Å². The first-order chi connectivity index (χ1) is 3.93. The van der Waals surface area contributed by atoms with E-state index in [1.807, 2.05) is 6.92 Å². The van der Waals surface area contributed by atoms with Gasteiger partial charge in [-0.25, -0.2) is 0 Å². The van der Waals surface area contributed by atoms with Crippen molar-refractivity contribution in [3.8, 4) is 0 Å². The number of hydroxylamine groups is 1. The van der Waals surface area contributed by atoms with E-state index < -0.39 is 0 Å². The Hall–Kier alpha value is -0.810. The molecule has 0 bridgehead atoms. The van der Waals surface area contributed by atoms with Gasteiger partial charge in [0.05, 0.1) is 5.22 Å². The third-order valence-corrected chi connectivity index (χ3v) is 0.655. The number of rotatable bonds is 2. The van der Waals surface area contributed by atoms with Crippen LogP contribution < -0.4 is 5.17 Å². The van der Waals surface area contributed by atoms with Gasteiger partial charge in [-0.1, -0.05) is 5.10 Å². The summed E-state index contributed by atoms with van der Waals surface area (Å²) in [4.78, 5) is 4.91. The minimum atomic E-state index is 0.493. The standard InChI is InChI=1S/C3H6N4O/c1-2-8-7-3-4-5-6-7/h3H,2H2,1H3/p+1. The van der Waals surface area contributed by atoms with Gasteiger partial charge >= 0.3 is 0 Å². The highest BCUT2D eigenvalue weighted by atomic mass is 16.7. The molecule has 1 heterocycles. The van der Waals surface area contributed by atoms with Crippen LogP contribution in [0.3, 0.4) is 0 Å². The summed E-state index contributed by atoms with van der Waals surface area (Å²) in [7, 11) is 0. The van der Waals surface area contributed by atoms with Gasteiger partial charge in [0.1, 0.15) is 6.61 Å². The van der Waals surface area contributed by atoms with Crippen molar-refractivity contribution in [2.45, 2.75) is 6.92 Å². The van der Waals surface area contributed by atoms with Crippen LogP contribution in [0.15, 0.2) is 15.5 Å². The van der Waals surface area contributed by atoms with Gasteiger partial charge in [0.2, 0.25) is 0 Å². The van der Waals surface area contributed by atoms with Crippen molar-refractivity contribution in [3.05, 3.63) is 0 Å². The van der Waals surface area contributed by atoms with Gasteiger partial charge in [0.15, 0.2) is 0 Å². The average Bonchev–Trinajstić information content (AvgIpc) is 2.19. The normalized spacial score (nSPS) is 24.9. The molecule has 5 heteroatoms. The van der Waals surface area contributed by atoms with E-state index in [0.29, 0.717) is 11.8 Å². The summed E-state index contributed by atoms with van der Waals surface area (Å²) in [6.07, 6.45) is 1.48. The van der Waals surface area contributed by atoms with Gasteiger partial charge in [-0.2, -0.15) is 4.84 Å². The third kappa shape index (κ3) is 1.08. The molecule has 1 aliphatic heterocycles. The van der Waals surface area contributed by atoms with Crippen LogP contribution in [-0.2, 0) is 4.84 Å². The maximum Gasteiger partial charge on any atom is 0.271 e. The van der Waals surface area contributed by atoms with Crippen molar-refractivity contribution < 1.29 is 10.0 Å². The van der Waals surface area contributed by atoms with Crippen LogP contribution in [0.2, 0.25) is 0 Å². The van der Waals surface area contributed by atoms with Gasteiger partial charge in [0, 0.05) is 5.22 Å². The summed E-state index contributed by atoms with van der Waals surface area (Å²) < 4.78 is 0. The molecule has 1 aliphatic rings. The van der Waals surface area contributed by atoms with E-state index in [2.05, 4.69) is 15.5 Å². The zero-order chi connectivity index (χ0) is 5.82. The number of hydrogen-bond acceptors (Lipinski definition) is 4. The lowest BCUT2D eigenvalue weighted by atomic mass is 10.9. The Balaban J connectivity index is 2.27. The lowest BCUT2D eigenvalue weighted by Crippen LogP contribution is -3.04. The SMILES string of the molecule is CCO[NH+]1C=NN=N1. The van der Waals surface area contributed by atoms with Crippen LogP contribution >= 0.6 is 0 Å². The molecule has 0 aliphatic carbocycles. The molecule has 0 aromatic heterocycles. The fourth-order valence-corrected chi connectivity index (χ4v) is 0.385. The van der Waals surface area contributed by atoms with E-state index >= 15 is 0 Å². The molecule has 0 fully saturated rings. The molecule has 0 amide bonds. The fourth-order valence-electron chi connectivity index (χ4n) is 0.385.